The Hall–Kier alpha value is -0.0900. The zero-order valence-electron chi connectivity index (χ0n) is 9.01. The summed E-state index contributed by atoms with van der Waals surface area (Å²) in [4.78, 5) is 8.25. The molecule has 0 aliphatic rings. The summed E-state index contributed by atoms with van der Waals surface area (Å²) in [5, 5.41) is 2.17. The highest BCUT2D eigenvalue weighted by Gasteiger charge is 2.10. The van der Waals surface area contributed by atoms with Gasteiger partial charge < -0.3 is 4.90 Å². The van der Waals surface area contributed by atoms with Crippen molar-refractivity contribution >= 4 is 32.4 Å². The summed E-state index contributed by atoms with van der Waals surface area (Å²) in [5.41, 5.74) is 1.17. The van der Waals surface area contributed by atoms with Crippen molar-refractivity contribution in [2.75, 3.05) is 23.3 Å². The molecular weight excluding hydrogens is 260 g/mol. The van der Waals surface area contributed by atoms with Crippen molar-refractivity contribution in [3.8, 4) is 0 Å². The molecule has 0 fully saturated rings. The lowest BCUT2D eigenvalue weighted by Crippen LogP contribution is -2.25. The molecule has 1 aromatic heterocycles. The number of alkyl halides is 1. The standard InChI is InChI=1S/C10H17BrN2S/c1-4-6-13(7-5-11)10-12-8(2)9(3)14-10/h4-7H2,1-3H3. The minimum Gasteiger partial charge on any atom is -0.347 e. The SMILES string of the molecule is CCCN(CCBr)c1nc(C)c(C)s1. The van der Waals surface area contributed by atoms with Crippen LogP contribution >= 0.6 is 27.3 Å². The maximum atomic E-state index is 4.57. The fraction of sp³-hybridized carbons (Fsp3) is 0.700. The molecule has 14 heavy (non-hydrogen) atoms. The molecule has 0 saturated heterocycles. The third-order valence-corrected chi connectivity index (χ3v) is 3.62. The molecule has 0 atom stereocenters. The molecule has 0 amide bonds. The van der Waals surface area contributed by atoms with E-state index < -0.39 is 0 Å². The van der Waals surface area contributed by atoms with E-state index in [9.17, 15) is 0 Å². The summed E-state index contributed by atoms with van der Waals surface area (Å²) < 4.78 is 0. The number of aromatic nitrogens is 1. The summed E-state index contributed by atoms with van der Waals surface area (Å²) in [5.74, 6) is 0. The van der Waals surface area contributed by atoms with Gasteiger partial charge >= 0.3 is 0 Å². The average molecular weight is 277 g/mol. The smallest absolute Gasteiger partial charge is 0.185 e. The fourth-order valence-corrected chi connectivity index (χ4v) is 2.66. The third kappa shape index (κ3) is 2.95. The van der Waals surface area contributed by atoms with Gasteiger partial charge in [0.25, 0.3) is 0 Å². The van der Waals surface area contributed by atoms with Gasteiger partial charge in [0, 0.05) is 23.3 Å². The Bertz CT molecular complexity index is 260. The number of nitrogens with zero attached hydrogens (tertiary/aromatic N) is 2. The molecule has 1 aromatic rings. The van der Waals surface area contributed by atoms with Crippen LogP contribution in [0.3, 0.4) is 0 Å². The number of rotatable bonds is 5. The van der Waals surface area contributed by atoms with Gasteiger partial charge in [-0.3, -0.25) is 0 Å². The van der Waals surface area contributed by atoms with Crippen LogP contribution in [-0.2, 0) is 0 Å². The average Bonchev–Trinajstić information content (AvgIpc) is 2.47. The molecule has 0 saturated carbocycles. The molecule has 1 rings (SSSR count). The third-order valence-electron chi connectivity index (χ3n) is 2.14. The van der Waals surface area contributed by atoms with Crippen molar-refractivity contribution in [1.29, 1.82) is 0 Å². The van der Waals surface area contributed by atoms with E-state index in [1.807, 2.05) is 0 Å². The summed E-state index contributed by atoms with van der Waals surface area (Å²) in [6, 6.07) is 0. The molecule has 0 N–H and O–H groups in total. The first-order valence-corrected chi connectivity index (χ1v) is 6.87. The number of halogens is 1. The van der Waals surface area contributed by atoms with Crippen molar-refractivity contribution in [3.05, 3.63) is 10.6 Å². The molecule has 0 unspecified atom stereocenters. The first-order chi connectivity index (χ1) is 6.69. The second-order valence-electron chi connectivity index (χ2n) is 3.31. The first kappa shape index (κ1) is 12.0. The van der Waals surface area contributed by atoms with E-state index in [2.05, 4.69) is 46.6 Å². The molecule has 0 aromatic carbocycles. The normalized spacial score (nSPS) is 10.6. The summed E-state index contributed by atoms with van der Waals surface area (Å²) in [6.07, 6.45) is 1.17. The van der Waals surface area contributed by atoms with Crippen LogP contribution in [0.2, 0.25) is 0 Å². The quantitative estimate of drug-likeness (QED) is 0.767. The van der Waals surface area contributed by atoms with Crippen LogP contribution in [-0.4, -0.2) is 23.4 Å². The minimum absolute atomic E-state index is 1.00. The Morgan fingerprint density at radius 2 is 2.07 bits per heavy atom. The molecule has 0 aliphatic carbocycles. The van der Waals surface area contributed by atoms with Gasteiger partial charge in [0.15, 0.2) is 5.13 Å². The van der Waals surface area contributed by atoms with Gasteiger partial charge in [-0.2, -0.15) is 0 Å². The number of aryl methyl sites for hydroxylation is 2. The molecule has 1 heterocycles. The van der Waals surface area contributed by atoms with E-state index in [0.717, 1.165) is 18.4 Å². The van der Waals surface area contributed by atoms with Crippen LogP contribution in [0, 0.1) is 13.8 Å². The monoisotopic (exact) mass is 276 g/mol. The Morgan fingerprint density at radius 3 is 2.50 bits per heavy atom. The Labute approximate surface area is 98.5 Å². The van der Waals surface area contributed by atoms with E-state index in [4.69, 9.17) is 0 Å². The van der Waals surface area contributed by atoms with Crippen LogP contribution in [0.25, 0.3) is 0 Å². The molecule has 80 valence electrons. The second kappa shape index (κ2) is 5.71. The summed E-state index contributed by atoms with van der Waals surface area (Å²) >= 11 is 5.27. The fourth-order valence-electron chi connectivity index (χ4n) is 1.27. The van der Waals surface area contributed by atoms with E-state index >= 15 is 0 Å². The highest BCUT2D eigenvalue weighted by molar-refractivity contribution is 9.09. The van der Waals surface area contributed by atoms with Crippen molar-refractivity contribution in [2.45, 2.75) is 27.2 Å². The largest absolute Gasteiger partial charge is 0.347 e. The highest BCUT2D eigenvalue weighted by Crippen LogP contribution is 2.25. The van der Waals surface area contributed by atoms with E-state index in [-0.39, 0.29) is 0 Å². The van der Waals surface area contributed by atoms with E-state index in [0.29, 0.717) is 0 Å². The van der Waals surface area contributed by atoms with Gasteiger partial charge in [-0.05, 0) is 20.3 Å². The predicted molar refractivity (Wildman–Crippen MR) is 67.9 cm³/mol. The summed E-state index contributed by atoms with van der Waals surface area (Å²) in [7, 11) is 0. The van der Waals surface area contributed by atoms with Crippen LogP contribution in [0.1, 0.15) is 23.9 Å². The number of hydrogen-bond acceptors (Lipinski definition) is 3. The topological polar surface area (TPSA) is 16.1 Å². The maximum Gasteiger partial charge on any atom is 0.185 e. The Morgan fingerprint density at radius 1 is 1.36 bits per heavy atom. The highest BCUT2D eigenvalue weighted by atomic mass is 79.9. The molecule has 0 aliphatic heterocycles. The van der Waals surface area contributed by atoms with Gasteiger partial charge in [0.2, 0.25) is 0 Å². The lowest BCUT2D eigenvalue weighted by atomic mass is 10.4. The minimum atomic E-state index is 1.00. The van der Waals surface area contributed by atoms with Crippen LogP contribution < -0.4 is 4.90 Å². The van der Waals surface area contributed by atoms with Gasteiger partial charge in [-0.25, -0.2) is 4.98 Å². The molecule has 2 nitrogen and oxygen atoms in total. The molecular formula is C10H17BrN2S. The van der Waals surface area contributed by atoms with Crippen LogP contribution in [0.15, 0.2) is 0 Å². The Kier molecular flexibility index (Phi) is 4.89. The van der Waals surface area contributed by atoms with Crippen molar-refractivity contribution in [3.63, 3.8) is 0 Å². The van der Waals surface area contributed by atoms with Gasteiger partial charge in [-0.1, -0.05) is 22.9 Å². The number of anilines is 1. The molecule has 0 bridgehead atoms. The van der Waals surface area contributed by atoms with E-state index in [1.165, 1.54) is 22.1 Å². The maximum absolute atomic E-state index is 4.57. The second-order valence-corrected chi connectivity index (χ2v) is 5.29. The zero-order valence-corrected chi connectivity index (χ0v) is 11.4. The number of hydrogen-bond donors (Lipinski definition) is 0. The van der Waals surface area contributed by atoms with Gasteiger partial charge in [0.1, 0.15) is 0 Å². The van der Waals surface area contributed by atoms with Crippen molar-refractivity contribution < 1.29 is 0 Å². The number of thiazole rings is 1. The predicted octanol–water partition coefficient (Wildman–Crippen LogP) is 3.37. The Balaban J connectivity index is 2.76. The van der Waals surface area contributed by atoms with Crippen LogP contribution in [0.4, 0.5) is 5.13 Å². The van der Waals surface area contributed by atoms with Gasteiger partial charge in [0.05, 0.1) is 5.69 Å². The molecule has 0 radical (unpaired) electrons. The summed E-state index contributed by atoms with van der Waals surface area (Å²) in [6.45, 7) is 8.55. The van der Waals surface area contributed by atoms with E-state index in [1.54, 1.807) is 11.3 Å². The lowest BCUT2D eigenvalue weighted by molar-refractivity contribution is 0.792. The first-order valence-electron chi connectivity index (χ1n) is 4.94. The van der Waals surface area contributed by atoms with Crippen molar-refractivity contribution in [1.82, 2.24) is 4.98 Å². The molecule has 0 spiro atoms. The molecule has 4 heteroatoms. The zero-order chi connectivity index (χ0) is 10.6. The van der Waals surface area contributed by atoms with Crippen LogP contribution in [0.5, 0.6) is 0 Å². The van der Waals surface area contributed by atoms with Gasteiger partial charge in [-0.15, -0.1) is 11.3 Å². The lowest BCUT2D eigenvalue weighted by Gasteiger charge is -2.19. The van der Waals surface area contributed by atoms with Crippen molar-refractivity contribution in [2.24, 2.45) is 0 Å².